The number of hydrogen-bond acceptors (Lipinski definition) is 1. The second-order valence-corrected chi connectivity index (χ2v) is 3.70. The fraction of sp³-hybridized carbons (Fsp3) is 0.583. The molecule has 0 aliphatic rings. The lowest BCUT2D eigenvalue weighted by molar-refractivity contribution is 0.508. The first-order valence-electron chi connectivity index (χ1n) is 5.34. The first-order valence-corrected chi connectivity index (χ1v) is 5.34. The van der Waals surface area contributed by atoms with Crippen LogP contribution in [0.25, 0.3) is 0 Å². The molecule has 0 aromatic carbocycles. The van der Waals surface area contributed by atoms with Gasteiger partial charge in [-0.05, 0) is 31.9 Å². The maximum absolute atomic E-state index is 8.97. The van der Waals surface area contributed by atoms with E-state index in [-0.39, 0.29) is 0 Å². The van der Waals surface area contributed by atoms with Crippen LogP contribution < -0.4 is 0 Å². The van der Waals surface area contributed by atoms with Crippen molar-refractivity contribution in [2.45, 2.75) is 46.1 Å². The van der Waals surface area contributed by atoms with Gasteiger partial charge in [-0.1, -0.05) is 20.3 Å². The van der Waals surface area contributed by atoms with E-state index in [1.54, 1.807) is 0 Å². The van der Waals surface area contributed by atoms with Gasteiger partial charge in [-0.25, -0.2) is 0 Å². The van der Waals surface area contributed by atoms with Crippen LogP contribution in [0.5, 0.6) is 0 Å². The Balaban J connectivity index is 3.07. The van der Waals surface area contributed by atoms with Crippen LogP contribution >= 0.6 is 0 Å². The molecule has 0 spiro atoms. The molecule has 0 fully saturated rings. The van der Waals surface area contributed by atoms with Crippen LogP contribution in [-0.4, -0.2) is 4.57 Å². The largest absolute Gasteiger partial charge is 0.334 e. The number of rotatable bonds is 4. The standard InChI is InChI=1S/C12H18N2/c1-4-6-11-7-8-12(9-13)14(11)10(3)5-2/h7-8,10H,4-6H2,1-3H3. The van der Waals surface area contributed by atoms with Gasteiger partial charge in [0.15, 0.2) is 0 Å². The maximum atomic E-state index is 8.97. The summed E-state index contributed by atoms with van der Waals surface area (Å²) < 4.78 is 2.17. The minimum absolute atomic E-state index is 0.432. The second kappa shape index (κ2) is 4.85. The van der Waals surface area contributed by atoms with Crippen molar-refractivity contribution in [1.29, 1.82) is 5.26 Å². The molecular weight excluding hydrogens is 172 g/mol. The Morgan fingerprint density at radius 2 is 2.14 bits per heavy atom. The van der Waals surface area contributed by atoms with Crippen LogP contribution in [0.3, 0.4) is 0 Å². The Morgan fingerprint density at radius 3 is 2.64 bits per heavy atom. The Morgan fingerprint density at radius 1 is 1.43 bits per heavy atom. The second-order valence-electron chi connectivity index (χ2n) is 3.70. The molecule has 1 unspecified atom stereocenters. The third-order valence-electron chi connectivity index (χ3n) is 2.65. The van der Waals surface area contributed by atoms with Crippen molar-refractivity contribution < 1.29 is 0 Å². The highest BCUT2D eigenvalue weighted by Crippen LogP contribution is 2.19. The van der Waals surface area contributed by atoms with Crippen LogP contribution in [0.15, 0.2) is 12.1 Å². The van der Waals surface area contributed by atoms with Gasteiger partial charge in [0, 0.05) is 11.7 Å². The van der Waals surface area contributed by atoms with Crippen molar-refractivity contribution in [2.24, 2.45) is 0 Å². The Bertz CT molecular complexity index is 331. The van der Waals surface area contributed by atoms with Gasteiger partial charge < -0.3 is 4.57 Å². The lowest BCUT2D eigenvalue weighted by atomic mass is 10.2. The van der Waals surface area contributed by atoms with E-state index in [1.807, 2.05) is 6.07 Å². The van der Waals surface area contributed by atoms with Gasteiger partial charge in [0.1, 0.15) is 11.8 Å². The first kappa shape index (κ1) is 10.8. The van der Waals surface area contributed by atoms with E-state index in [1.165, 1.54) is 5.69 Å². The van der Waals surface area contributed by atoms with Gasteiger partial charge in [0.2, 0.25) is 0 Å². The Hall–Kier alpha value is -1.23. The van der Waals surface area contributed by atoms with Crippen molar-refractivity contribution in [2.75, 3.05) is 0 Å². The Kier molecular flexibility index (Phi) is 3.76. The quantitative estimate of drug-likeness (QED) is 0.716. The van der Waals surface area contributed by atoms with E-state index >= 15 is 0 Å². The first-order chi connectivity index (χ1) is 6.74. The third kappa shape index (κ3) is 1.98. The van der Waals surface area contributed by atoms with Gasteiger partial charge in [0.25, 0.3) is 0 Å². The number of aryl methyl sites for hydroxylation is 1. The smallest absolute Gasteiger partial charge is 0.120 e. The van der Waals surface area contributed by atoms with Crippen LogP contribution in [-0.2, 0) is 6.42 Å². The summed E-state index contributed by atoms with van der Waals surface area (Å²) in [6, 6.07) is 6.69. The van der Waals surface area contributed by atoms with Crippen molar-refractivity contribution in [3.8, 4) is 6.07 Å². The van der Waals surface area contributed by atoms with Gasteiger partial charge in [-0.3, -0.25) is 0 Å². The van der Waals surface area contributed by atoms with Crippen LogP contribution in [0.4, 0.5) is 0 Å². The number of nitrogens with zero attached hydrogens (tertiary/aromatic N) is 2. The lowest BCUT2D eigenvalue weighted by Crippen LogP contribution is -2.09. The number of hydrogen-bond donors (Lipinski definition) is 0. The van der Waals surface area contributed by atoms with E-state index in [0.29, 0.717) is 6.04 Å². The summed E-state index contributed by atoms with van der Waals surface area (Å²) in [6.45, 7) is 6.49. The van der Waals surface area contributed by atoms with E-state index in [4.69, 9.17) is 5.26 Å². The van der Waals surface area contributed by atoms with E-state index in [2.05, 4.69) is 37.5 Å². The summed E-state index contributed by atoms with van der Waals surface area (Å²) in [5.41, 5.74) is 2.08. The van der Waals surface area contributed by atoms with Crippen molar-refractivity contribution in [1.82, 2.24) is 4.57 Å². The molecule has 1 atom stereocenters. The fourth-order valence-electron chi connectivity index (χ4n) is 1.74. The van der Waals surface area contributed by atoms with E-state index in [0.717, 1.165) is 25.0 Å². The van der Waals surface area contributed by atoms with Gasteiger partial charge in [-0.15, -0.1) is 0 Å². The van der Waals surface area contributed by atoms with Gasteiger partial charge >= 0.3 is 0 Å². The molecule has 0 N–H and O–H groups in total. The normalized spacial score (nSPS) is 12.4. The molecule has 0 radical (unpaired) electrons. The molecule has 1 rings (SSSR count). The average molecular weight is 190 g/mol. The topological polar surface area (TPSA) is 28.7 Å². The highest BCUT2D eigenvalue weighted by molar-refractivity contribution is 5.28. The third-order valence-corrected chi connectivity index (χ3v) is 2.65. The van der Waals surface area contributed by atoms with Crippen LogP contribution in [0.1, 0.15) is 51.0 Å². The van der Waals surface area contributed by atoms with Crippen molar-refractivity contribution in [3.05, 3.63) is 23.5 Å². The monoisotopic (exact) mass is 190 g/mol. The molecule has 2 heteroatoms. The molecule has 0 bridgehead atoms. The SMILES string of the molecule is CCCc1ccc(C#N)n1C(C)CC. The predicted octanol–water partition coefficient (Wildman–Crippen LogP) is 3.28. The number of nitriles is 1. The highest BCUT2D eigenvalue weighted by Gasteiger charge is 2.11. The van der Waals surface area contributed by atoms with Crippen LogP contribution in [0.2, 0.25) is 0 Å². The minimum atomic E-state index is 0.432. The molecule has 0 saturated heterocycles. The summed E-state index contributed by atoms with van der Waals surface area (Å²) in [5.74, 6) is 0. The fourth-order valence-corrected chi connectivity index (χ4v) is 1.74. The average Bonchev–Trinajstić information content (AvgIpc) is 2.60. The minimum Gasteiger partial charge on any atom is -0.334 e. The van der Waals surface area contributed by atoms with E-state index in [9.17, 15) is 0 Å². The molecule has 1 heterocycles. The highest BCUT2D eigenvalue weighted by atomic mass is 15.0. The van der Waals surface area contributed by atoms with Gasteiger partial charge in [-0.2, -0.15) is 5.26 Å². The Labute approximate surface area is 86.2 Å². The predicted molar refractivity (Wildman–Crippen MR) is 58.1 cm³/mol. The molecule has 0 aliphatic heterocycles. The van der Waals surface area contributed by atoms with Crippen LogP contribution in [0, 0.1) is 11.3 Å². The molecule has 1 aromatic rings. The molecule has 1 aromatic heterocycles. The zero-order valence-corrected chi connectivity index (χ0v) is 9.25. The zero-order valence-electron chi connectivity index (χ0n) is 9.25. The molecule has 0 aliphatic carbocycles. The van der Waals surface area contributed by atoms with Crippen molar-refractivity contribution in [3.63, 3.8) is 0 Å². The molecule has 2 nitrogen and oxygen atoms in total. The molecular formula is C12H18N2. The lowest BCUT2D eigenvalue weighted by Gasteiger charge is -2.16. The number of aromatic nitrogens is 1. The summed E-state index contributed by atoms with van der Waals surface area (Å²) >= 11 is 0. The summed E-state index contributed by atoms with van der Waals surface area (Å²) in [4.78, 5) is 0. The van der Waals surface area contributed by atoms with E-state index < -0.39 is 0 Å². The van der Waals surface area contributed by atoms with Gasteiger partial charge in [0.05, 0.1) is 0 Å². The molecule has 76 valence electrons. The van der Waals surface area contributed by atoms with Crippen molar-refractivity contribution >= 4 is 0 Å². The summed E-state index contributed by atoms with van der Waals surface area (Å²) in [7, 11) is 0. The summed E-state index contributed by atoms with van der Waals surface area (Å²) in [5, 5.41) is 8.97. The zero-order chi connectivity index (χ0) is 10.6. The molecule has 0 saturated carbocycles. The summed E-state index contributed by atoms with van der Waals surface area (Å²) in [6.07, 6.45) is 3.26. The molecule has 14 heavy (non-hydrogen) atoms. The maximum Gasteiger partial charge on any atom is 0.120 e. The molecule has 0 amide bonds.